The molecule has 0 aliphatic heterocycles. The van der Waals surface area contributed by atoms with Crippen LogP contribution < -0.4 is 0 Å². The Kier molecular flexibility index (Phi) is 6.64. The van der Waals surface area contributed by atoms with E-state index in [2.05, 4.69) is 115 Å². The summed E-state index contributed by atoms with van der Waals surface area (Å²) in [6, 6.07) is 56.6. The summed E-state index contributed by atoms with van der Waals surface area (Å²) < 4.78 is 9.27. The molecule has 0 N–H and O–H groups in total. The lowest BCUT2D eigenvalue weighted by atomic mass is 9.97. The molecule has 0 spiro atoms. The average Bonchev–Trinajstić information content (AvgIpc) is 3.78. The van der Waals surface area contributed by atoms with Crippen LogP contribution in [0.1, 0.15) is 0 Å². The largest absolute Gasteiger partial charge is 0.455 e. The number of nitrogens with zero attached hydrogens (tertiary/aromatic N) is 3. The van der Waals surface area contributed by atoms with Crippen molar-refractivity contribution in [1.29, 1.82) is 0 Å². The highest BCUT2D eigenvalue weighted by Gasteiger charge is 2.22. The van der Waals surface area contributed by atoms with Gasteiger partial charge in [0.2, 0.25) is 0 Å². The molecule has 3 aromatic heterocycles. The minimum Gasteiger partial charge on any atom is -0.455 e. The van der Waals surface area contributed by atoms with E-state index in [9.17, 15) is 0 Å². The molecule has 10 aromatic rings. The van der Waals surface area contributed by atoms with Gasteiger partial charge in [0.05, 0.1) is 0 Å². The van der Waals surface area contributed by atoms with Crippen molar-refractivity contribution >= 4 is 53.4 Å². The van der Waals surface area contributed by atoms with E-state index in [1.807, 2.05) is 59.9 Å². The summed E-state index contributed by atoms with van der Waals surface area (Å²) in [5, 5.41) is 4.54. The molecule has 0 saturated carbocycles. The molecule has 3 heterocycles. The second-order valence-electron chi connectivity index (χ2n) is 12.4. The Bertz CT molecular complexity index is 2870. The summed E-state index contributed by atoms with van der Waals surface area (Å²) in [7, 11) is 0. The smallest absolute Gasteiger partial charge is 0.164 e. The van der Waals surface area contributed by atoms with E-state index in [0.29, 0.717) is 17.5 Å². The molecule has 7 aromatic carbocycles. The lowest BCUT2D eigenvalue weighted by molar-refractivity contribution is 0.670. The summed E-state index contributed by atoms with van der Waals surface area (Å²) in [6.07, 6.45) is 0. The Labute approximate surface area is 292 Å². The zero-order chi connectivity index (χ0) is 33.0. The van der Waals surface area contributed by atoms with Crippen LogP contribution in [0.5, 0.6) is 0 Å². The molecule has 0 atom stereocenters. The van der Waals surface area contributed by atoms with Crippen molar-refractivity contribution in [2.45, 2.75) is 0 Å². The minimum absolute atomic E-state index is 0.599. The van der Waals surface area contributed by atoms with Gasteiger partial charge in [-0.15, -0.1) is 11.3 Å². The standard InChI is InChI=1S/C45H27N3OS/c1-3-13-28(14-4-1)30-17-11-18-31(27-30)44-46-43(29-15-5-2-6-16-29)47-45(48-44)37-26-25-33(41-40(37)36-20-7-9-23-38(36)49-41)35-22-12-21-34-32-19-8-10-24-39(32)50-42(34)35/h1-27H. The first-order valence-electron chi connectivity index (χ1n) is 16.6. The van der Waals surface area contributed by atoms with Gasteiger partial charge in [0.25, 0.3) is 0 Å². The highest BCUT2D eigenvalue weighted by molar-refractivity contribution is 7.26. The van der Waals surface area contributed by atoms with Crippen LogP contribution in [0, 0.1) is 0 Å². The van der Waals surface area contributed by atoms with Gasteiger partial charge in [-0.1, -0.05) is 133 Å². The van der Waals surface area contributed by atoms with Crippen molar-refractivity contribution in [2.75, 3.05) is 0 Å². The van der Waals surface area contributed by atoms with E-state index in [4.69, 9.17) is 19.4 Å². The number of thiophene rings is 1. The summed E-state index contributed by atoms with van der Waals surface area (Å²) in [5.41, 5.74) is 8.85. The van der Waals surface area contributed by atoms with E-state index in [-0.39, 0.29) is 0 Å². The predicted octanol–water partition coefficient (Wildman–Crippen LogP) is 12.5. The normalized spacial score (nSPS) is 11.6. The van der Waals surface area contributed by atoms with Gasteiger partial charge in [0.15, 0.2) is 17.5 Å². The summed E-state index contributed by atoms with van der Waals surface area (Å²) in [5.74, 6) is 1.84. The predicted molar refractivity (Wildman–Crippen MR) is 207 cm³/mol. The quantitative estimate of drug-likeness (QED) is 0.185. The molecule has 5 heteroatoms. The molecule has 0 aliphatic carbocycles. The summed E-state index contributed by atoms with van der Waals surface area (Å²) in [6.45, 7) is 0. The van der Waals surface area contributed by atoms with Gasteiger partial charge >= 0.3 is 0 Å². The maximum absolute atomic E-state index is 6.75. The van der Waals surface area contributed by atoms with E-state index >= 15 is 0 Å². The number of benzene rings is 7. The molecule has 0 saturated heterocycles. The van der Waals surface area contributed by atoms with Crippen molar-refractivity contribution in [2.24, 2.45) is 0 Å². The van der Waals surface area contributed by atoms with E-state index in [1.54, 1.807) is 0 Å². The molecule has 0 unspecified atom stereocenters. The van der Waals surface area contributed by atoms with Gasteiger partial charge in [-0.05, 0) is 41.5 Å². The van der Waals surface area contributed by atoms with Crippen molar-refractivity contribution in [1.82, 2.24) is 15.0 Å². The van der Waals surface area contributed by atoms with Crippen molar-refractivity contribution < 1.29 is 4.42 Å². The Hall–Kier alpha value is -6.43. The van der Waals surface area contributed by atoms with Crippen LogP contribution in [0.3, 0.4) is 0 Å². The molecule has 0 amide bonds. The Morgan fingerprint density at radius 3 is 1.84 bits per heavy atom. The van der Waals surface area contributed by atoms with Crippen molar-refractivity contribution in [3.63, 3.8) is 0 Å². The van der Waals surface area contributed by atoms with Crippen LogP contribution in [-0.4, -0.2) is 15.0 Å². The van der Waals surface area contributed by atoms with E-state index in [1.165, 1.54) is 20.2 Å². The van der Waals surface area contributed by atoms with Crippen LogP contribution in [0.2, 0.25) is 0 Å². The van der Waals surface area contributed by atoms with Gasteiger partial charge in [0.1, 0.15) is 11.2 Å². The molecular formula is C45H27N3OS. The molecule has 0 fully saturated rings. The summed E-state index contributed by atoms with van der Waals surface area (Å²) in [4.78, 5) is 15.4. The average molecular weight is 658 g/mol. The first-order valence-corrected chi connectivity index (χ1v) is 17.4. The van der Waals surface area contributed by atoms with Gasteiger partial charge in [-0.3, -0.25) is 0 Å². The molecule has 234 valence electrons. The third-order valence-electron chi connectivity index (χ3n) is 9.36. The maximum Gasteiger partial charge on any atom is 0.164 e. The van der Waals surface area contributed by atoms with Crippen LogP contribution in [-0.2, 0) is 0 Å². The maximum atomic E-state index is 6.75. The number of aromatic nitrogens is 3. The third kappa shape index (κ3) is 4.71. The molecular weight excluding hydrogens is 631 g/mol. The van der Waals surface area contributed by atoms with Gasteiger partial charge in [0, 0.05) is 58.8 Å². The first kappa shape index (κ1) is 28.6. The number of fused-ring (bicyclic) bond motifs is 6. The van der Waals surface area contributed by atoms with Gasteiger partial charge in [-0.25, -0.2) is 15.0 Å². The SMILES string of the molecule is c1ccc(-c2cccc(-c3nc(-c4ccccc4)nc(-c4ccc(-c5cccc6c5sc5ccccc56)c5oc6ccccc6c45)n3)c2)cc1. The van der Waals surface area contributed by atoms with Gasteiger partial charge < -0.3 is 4.42 Å². The fourth-order valence-corrected chi connectivity index (χ4v) is 8.23. The molecule has 4 nitrogen and oxygen atoms in total. The highest BCUT2D eigenvalue weighted by Crippen LogP contribution is 2.45. The van der Waals surface area contributed by atoms with E-state index < -0.39 is 0 Å². The van der Waals surface area contributed by atoms with Crippen molar-refractivity contribution in [3.8, 4) is 56.4 Å². The zero-order valence-corrected chi connectivity index (χ0v) is 27.6. The number of hydrogen-bond donors (Lipinski definition) is 0. The van der Waals surface area contributed by atoms with Crippen LogP contribution >= 0.6 is 11.3 Å². The minimum atomic E-state index is 0.599. The number of hydrogen-bond acceptors (Lipinski definition) is 5. The molecule has 0 radical (unpaired) electrons. The van der Waals surface area contributed by atoms with Crippen LogP contribution in [0.4, 0.5) is 0 Å². The lowest BCUT2D eigenvalue weighted by Gasteiger charge is -2.12. The fourth-order valence-electron chi connectivity index (χ4n) is 7.00. The number of rotatable bonds is 5. The third-order valence-corrected chi connectivity index (χ3v) is 10.6. The Balaban J connectivity index is 1.23. The number of furan rings is 1. The molecule has 10 rings (SSSR count). The molecule has 0 bridgehead atoms. The van der Waals surface area contributed by atoms with Gasteiger partial charge in [-0.2, -0.15) is 0 Å². The topological polar surface area (TPSA) is 51.8 Å². The highest BCUT2D eigenvalue weighted by atomic mass is 32.1. The van der Waals surface area contributed by atoms with E-state index in [0.717, 1.165) is 60.9 Å². The first-order chi connectivity index (χ1) is 24.8. The zero-order valence-electron chi connectivity index (χ0n) is 26.7. The monoisotopic (exact) mass is 657 g/mol. The van der Waals surface area contributed by atoms with Crippen LogP contribution in [0.15, 0.2) is 168 Å². The number of para-hydroxylation sites is 1. The van der Waals surface area contributed by atoms with Crippen LogP contribution in [0.25, 0.3) is 98.5 Å². The second-order valence-corrected chi connectivity index (χ2v) is 13.4. The molecule has 50 heavy (non-hydrogen) atoms. The lowest BCUT2D eigenvalue weighted by Crippen LogP contribution is -2.00. The van der Waals surface area contributed by atoms with Crippen molar-refractivity contribution in [3.05, 3.63) is 164 Å². The fraction of sp³-hybridized carbons (Fsp3) is 0. The summed E-state index contributed by atoms with van der Waals surface area (Å²) >= 11 is 1.82. The Morgan fingerprint density at radius 1 is 0.400 bits per heavy atom. The molecule has 0 aliphatic rings. The second kappa shape index (κ2) is 11.6. The Morgan fingerprint density at radius 2 is 1.00 bits per heavy atom.